The lowest BCUT2D eigenvalue weighted by Crippen LogP contribution is -2.87. The fourth-order valence-corrected chi connectivity index (χ4v) is 4.56. The van der Waals surface area contributed by atoms with Gasteiger partial charge in [0.1, 0.15) is 5.56 Å². The second kappa shape index (κ2) is 6.90. The third-order valence-corrected chi connectivity index (χ3v) is 6.03. The van der Waals surface area contributed by atoms with Gasteiger partial charge in [0.25, 0.3) is 5.56 Å². The number of para-hydroxylation sites is 1. The van der Waals surface area contributed by atoms with E-state index in [9.17, 15) is 14.7 Å². The van der Waals surface area contributed by atoms with Gasteiger partial charge in [0, 0.05) is 22.3 Å². The fraction of sp³-hybridized carbons (Fsp3) is 0.182. The van der Waals surface area contributed by atoms with Crippen LogP contribution in [0.15, 0.2) is 52.1 Å². The number of H-pyrrole nitrogens is 2. The number of hydrogen-bond acceptors (Lipinski definition) is 3. The van der Waals surface area contributed by atoms with Crippen LogP contribution in [0.25, 0.3) is 16.6 Å². The average Bonchev–Trinajstić information content (AvgIpc) is 3.10. The highest BCUT2D eigenvalue weighted by molar-refractivity contribution is 6.30. The molecule has 30 heavy (non-hydrogen) atoms. The second-order valence-electron chi connectivity index (χ2n) is 7.58. The molecule has 2 aromatic carbocycles. The van der Waals surface area contributed by atoms with Crippen molar-refractivity contribution < 1.29 is 10.4 Å². The molecule has 1 atom stereocenters. The molecule has 5 N–H and O–H groups in total. The molecule has 152 valence electrons. The van der Waals surface area contributed by atoms with E-state index in [1.165, 1.54) is 0 Å². The summed E-state index contributed by atoms with van der Waals surface area (Å²) in [4.78, 5) is 31.2. The standard InChI is InChI=1S/C22H19ClN4O3/c1-11-6-7-12(23)10-16(11)27-21(29)17(20(28)26-22(27)30)19-18-14(8-9-24-19)13-4-2-3-5-15(13)25-18/h2-7,10,19,24-25,29H,8-9H2,1H3,(H,26,28,30)/p+1/t19-/m1/s1. The number of nitrogens with two attached hydrogens (primary N) is 1. The molecular weight excluding hydrogens is 404 g/mol. The Morgan fingerprint density at radius 2 is 1.97 bits per heavy atom. The molecule has 0 aliphatic carbocycles. The third kappa shape index (κ3) is 2.78. The van der Waals surface area contributed by atoms with Crippen LogP contribution in [0.5, 0.6) is 5.88 Å². The molecule has 0 bridgehead atoms. The van der Waals surface area contributed by atoms with Crippen molar-refractivity contribution >= 4 is 22.5 Å². The lowest BCUT2D eigenvalue weighted by Gasteiger charge is -2.22. The second-order valence-corrected chi connectivity index (χ2v) is 8.01. The van der Waals surface area contributed by atoms with Crippen LogP contribution in [-0.2, 0) is 6.42 Å². The van der Waals surface area contributed by atoms with E-state index >= 15 is 0 Å². The number of benzene rings is 2. The Morgan fingerprint density at radius 1 is 1.17 bits per heavy atom. The normalized spacial score (nSPS) is 16.0. The first-order chi connectivity index (χ1) is 14.5. The molecule has 5 rings (SSSR count). The molecule has 0 radical (unpaired) electrons. The number of aryl methyl sites for hydroxylation is 1. The summed E-state index contributed by atoms with van der Waals surface area (Å²) in [5, 5.41) is 14.7. The monoisotopic (exact) mass is 423 g/mol. The van der Waals surface area contributed by atoms with Crippen molar-refractivity contribution in [3.63, 3.8) is 0 Å². The summed E-state index contributed by atoms with van der Waals surface area (Å²) in [6.07, 6.45) is 0.849. The topological polar surface area (TPSA) is 107 Å². The summed E-state index contributed by atoms with van der Waals surface area (Å²) >= 11 is 6.12. The maximum absolute atomic E-state index is 12.8. The molecule has 0 saturated heterocycles. The van der Waals surface area contributed by atoms with Gasteiger partial charge >= 0.3 is 5.69 Å². The van der Waals surface area contributed by atoms with E-state index in [0.29, 0.717) is 10.7 Å². The number of quaternary nitrogens is 1. The van der Waals surface area contributed by atoms with Crippen molar-refractivity contribution in [3.8, 4) is 11.6 Å². The van der Waals surface area contributed by atoms with Gasteiger partial charge in [0.2, 0.25) is 5.88 Å². The number of nitrogens with one attached hydrogen (secondary N) is 2. The molecule has 0 amide bonds. The average molecular weight is 424 g/mol. The number of nitrogens with zero attached hydrogens (tertiary/aromatic N) is 1. The lowest BCUT2D eigenvalue weighted by atomic mass is 9.95. The van der Waals surface area contributed by atoms with Crippen molar-refractivity contribution in [3.05, 3.63) is 90.7 Å². The number of aromatic amines is 2. The minimum Gasteiger partial charge on any atom is -0.494 e. The smallest absolute Gasteiger partial charge is 0.335 e. The van der Waals surface area contributed by atoms with Crippen LogP contribution in [0.1, 0.15) is 28.4 Å². The number of rotatable bonds is 2. The molecule has 1 aliphatic heterocycles. The minimum absolute atomic E-state index is 0.140. The zero-order chi connectivity index (χ0) is 21.0. The summed E-state index contributed by atoms with van der Waals surface area (Å²) < 4.78 is 1.11. The highest BCUT2D eigenvalue weighted by atomic mass is 35.5. The van der Waals surface area contributed by atoms with Gasteiger partial charge in [-0.1, -0.05) is 35.9 Å². The van der Waals surface area contributed by atoms with E-state index in [4.69, 9.17) is 11.6 Å². The molecule has 7 nitrogen and oxygen atoms in total. The van der Waals surface area contributed by atoms with E-state index in [1.54, 1.807) is 18.2 Å². The fourth-order valence-electron chi connectivity index (χ4n) is 4.40. The molecular formula is C22H20ClN4O3+. The first-order valence-electron chi connectivity index (χ1n) is 9.73. The highest BCUT2D eigenvalue weighted by Gasteiger charge is 2.34. The Labute approximate surface area is 176 Å². The van der Waals surface area contributed by atoms with Gasteiger partial charge < -0.3 is 15.4 Å². The maximum atomic E-state index is 12.8. The molecule has 3 heterocycles. The van der Waals surface area contributed by atoms with Crippen LogP contribution in [0.4, 0.5) is 0 Å². The number of aromatic nitrogens is 3. The van der Waals surface area contributed by atoms with Gasteiger partial charge in [-0.05, 0) is 36.2 Å². The Hall–Kier alpha value is -3.29. The lowest BCUT2D eigenvalue weighted by molar-refractivity contribution is -0.690. The zero-order valence-electron chi connectivity index (χ0n) is 16.2. The molecule has 0 spiro atoms. The van der Waals surface area contributed by atoms with E-state index < -0.39 is 17.3 Å². The van der Waals surface area contributed by atoms with Gasteiger partial charge in [0.15, 0.2) is 6.04 Å². The SMILES string of the molecule is Cc1ccc(Cl)cc1-n1c(O)c([C@H]2[NH2+]CCc3c2[nH]c2ccccc32)c(=O)[nH]c1=O. The zero-order valence-corrected chi connectivity index (χ0v) is 17.0. The number of hydrogen-bond donors (Lipinski definition) is 4. The van der Waals surface area contributed by atoms with Gasteiger partial charge in [-0.15, -0.1) is 0 Å². The van der Waals surface area contributed by atoms with Crippen LogP contribution in [0, 0.1) is 6.92 Å². The van der Waals surface area contributed by atoms with Gasteiger partial charge in [-0.3, -0.25) is 9.78 Å². The summed E-state index contributed by atoms with van der Waals surface area (Å²) in [7, 11) is 0. The molecule has 0 fully saturated rings. The summed E-state index contributed by atoms with van der Waals surface area (Å²) in [6, 6.07) is 12.6. The molecule has 0 saturated carbocycles. The Morgan fingerprint density at radius 3 is 2.80 bits per heavy atom. The van der Waals surface area contributed by atoms with E-state index in [1.807, 2.05) is 36.5 Å². The Balaban J connectivity index is 1.77. The maximum Gasteiger partial charge on any atom is 0.335 e. The van der Waals surface area contributed by atoms with Crippen LogP contribution in [0.2, 0.25) is 5.02 Å². The van der Waals surface area contributed by atoms with Crippen molar-refractivity contribution in [2.45, 2.75) is 19.4 Å². The summed E-state index contributed by atoms with van der Waals surface area (Å²) in [5.41, 5.74) is 2.99. The molecule has 2 aromatic heterocycles. The first kappa shape index (κ1) is 18.7. The van der Waals surface area contributed by atoms with Crippen molar-refractivity contribution in [1.29, 1.82) is 0 Å². The number of fused-ring (bicyclic) bond motifs is 3. The molecule has 1 aliphatic rings. The third-order valence-electron chi connectivity index (χ3n) is 5.80. The van der Waals surface area contributed by atoms with Crippen LogP contribution in [0.3, 0.4) is 0 Å². The summed E-state index contributed by atoms with van der Waals surface area (Å²) in [6.45, 7) is 2.57. The van der Waals surface area contributed by atoms with Crippen LogP contribution in [-0.4, -0.2) is 26.2 Å². The quantitative estimate of drug-likeness (QED) is 0.395. The van der Waals surface area contributed by atoms with Crippen molar-refractivity contribution in [2.75, 3.05) is 6.54 Å². The number of halogens is 1. The minimum atomic E-state index is -0.709. The molecule has 8 heteroatoms. The van der Waals surface area contributed by atoms with Gasteiger partial charge in [0.05, 0.1) is 17.9 Å². The van der Waals surface area contributed by atoms with Crippen LogP contribution >= 0.6 is 11.6 Å². The molecule has 0 unspecified atom stereocenters. The van der Waals surface area contributed by atoms with E-state index in [0.717, 1.165) is 45.3 Å². The van der Waals surface area contributed by atoms with Crippen LogP contribution < -0.4 is 16.6 Å². The van der Waals surface area contributed by atoms with E-state index in [-0.39, 0.29) is 11.4 Å². The first-order valence-corrected chi connectivity index (χ1v) is 10.1. The van der Waals surface area contributed by atoms with Crippen molar-refractivity contribution in [1.82, 2.24) is 14.5 Å². The van der Waals surface area contributed by atoms with Gasteiger partial charge in [-0.2, -0.15) is 0 Å². The highest BCUT2D eigenvalue weighted by Crippen LogP contribution is 2.33. The molecule has 4 aromatic rings. The predicted molar refractivity (Wildman–Crippen MR) is 115 cm³/mol. The Bertz CT molecular complexity index is 1420. The van der Waals surface area contributed by atoms with E-state index in [2.05, 4.69) is 9.97 Å². The largest absolute Gasteiger partial charge is 0.494 e. The number of aromatic hydroxyl groups is 1. The van der Waals surface area contributed by atoms with Gasteiger partial charge in [-0.25, -0.2) is 9.36 Å². The van der Waals surface area contributed by atoms with Crippen molar-refractivity contribution in [2.24, 2.45) is 0 Å². The Kier molecular flexibility index (Phi) is 4.30. The predicted octanol–water partition coefficient (Wildman–Crippen LogP) is 1.88. The summed E-state index contributed by atoms with van der Waals surface area (Å²) in [5.74, 6) is -0.373.